The van der Waals surface area contributed by atoms with Gasteiger partial charge in [0.1, 0.15) is 16.9 Å². The number of benzene rings is 1. The van der Waals surface area contributed by atoms with Crippen LogP contribution in [0.1, 0.15) is 45.9 Å². The Balaban J connectivity index is 1.69. The number of rotatable bonds is 2. The van der Waals surface area contributed by atoms with Crippen LogP contribution in [0.3, 0.4) is 0 Å². The van der Waals surface area contributed by atoms with Gasteiger partial charge in [-0.05, 0) is 80.3 Å². The zero-order valence-electron chi connectivity index (χ0n) is 13.9. The highest BCUT2D eigenvalue weighted by Gasteiger charge is 2.33. The number of anilines is 1. The average Bonchev–Trinajstić information content (AvgIpc) is 2.92. The topological polar surface area (TPSA) is 50.4 Å². The quantitative estimate of drug-likeness (QED) is 0.609. The average molecular weight is 486 g/mol. The molecule has 1 aromatic carbocycles. The van der Waals surface area contributed by atoms with E-state index in [1.54, 1.807) is 18.4 Å². The first-order chi connectivity index (χ1) is 12.0. The lowest BCUT2D eigenvalue weighted by Gasteiger charge is -2.27. The molecular formula is C18H18Br2N2O2S. The van der Waals surface area contributed by atoms with Gasteiger partial charge in [0, 0.05) is 4.88 Å². The molecule has 132 valence electrons. The molecule has 4 rings (SSSR count). The Hall–Kier alpha value is -1.05. The van der Waals surface area contributed by atoms with Crippen molar-refractivity contribution in [3.63, 3.8) is 0 Å². The number of hydrogen-bond donors (Lipinski definition) is 2. The van der Waals surface area contributed by atoms with Crippen LogP contribution in [-0.4, -0.2) is 13.0 Å². The van der Waals surface area contributed by atoms with Crippen molar-refractivity contribution in [2.45, 2.75) is 32.4 Å². The van der Waals surface area contributed by atoms with E-state index in [0.717, 1.165) is 50.1 Å². The molecule has 2 atom stereocenters. The second-order valence-electron chi connectivity index (χ2n) is 6.62. The fourth-order valence-electron chi connectivity index (χ4n) is 3.57. The second-order valence-corrected chi connectivity index (χ2v) is 9.44. The summed E-state index contributed by atoms with van der Waals surface area (Å²) in [5.74, 6) is 1.46. The molecule has 0 spiro atoms. The zero-order chi connectivity index (χ0) is 17.7. The number of carbonyl (C=O) groups excluding carboxylic acids is 1. The van der Waals surface area contributed by atoms with Crippen molar-refractivity contribution in [1.82, 2.24) is 5.32 Å². The van der Waals surface area contributed by atoms with Gasteiger partial charge in [0.25, 0.3) is 5.91 Å². The van der Waals surface area contributed by atoms with Gasteiger partial charge in [-0.1, -0.05) is 6.92 Å². The lowest BCUT2D eigenvalue weighted by molar-refractivity contribution is 0.0935. The Kier molecular flexibility index (Phi) is 4.58. The van der Waals surface area contributed by atoms with Gasteiger partial charge in [-0.25, -0.2) is 0 Å². The van der Waals surface area contributed by atoms with E-state index in [9.17, 15) is 4.79 Å². The molecule has 1 aliphatic heterocycles. The lowest BCUT2D eigenvalue weighted by Crippen LogP contribution is -2.38. The van der Waals surface area contributed by atoms with E-state index < -0.39 is 0 Å². The normalized spacial score (nSPS) is 21.8. The first-order valence-corrected chi connectivity index (χ1v) is 10.6. The van der Waals surface area contributed by atoms with Gasteiger partial charge in [0.05, 0.1) is 21.6 Å². The SMILES string of the molecule is COc1c(Br)cc(C2NC(=O)c3c(sc4c3CCC(C)C4)N2)cc1Br. The molecule has 2 heterocycles. The fourth-order valence-corrected chi connectivity index (χ4v) is 6.55. The van der Waals surface area contributed by atoms with Crippen molar-refractivity contribution in [3.8, 4) is 5.75 Å². The first-order valence-electron chi connectivity index (χ1n) is 8.22. The van der Waals surface area contributed by atoms with Crippen molar-refractivity contribution >= 4 is 54.1 Å². The summed E-state index contributed by atoms with van der Waals surface area (Å²) in [6.45, 7) is 2.28. The summed E-state index contributed by atoms with van der Waals surface area (Å²) in [6, 6.07) is 3.95. The molecule has 0 radical (unpaired) electrons. The highest BCUT2D eigenvalue weighted by molar-refractivity contribution is 9.11. The predicted octanol–water partition coefficient (Wildman–Crippen LogP) is 5.26. The predicted molar refractivity (Wildman–Crippen MR) is 108 cm³/mol. The summed E-state index contributed by atoms with van der Waals surface area (Å²) in [4.78, 5) is 14.1. The Morgan fingerprint density at radius 2 is 1.96 bits per heavy atom. The molecule has 0 fully saturated rings. The van der Waals surface area contributed by atoms with Gasteiger partial charge < -0.3 is 15.4 Å². The number of thiophene rings is 1. The highest BCUT2D eigenvalue weighted by atomic mass is 79.9. The van der Waals surface area contributed by atoms with E-state index in [4.69, 9.17) is 4.74 Å². The summed E-state index contributed by atoms with van der Waals surface area (Å²) in [6.07, 6.45) is 2.98. The summed E-state index contributed by atoms with van der Waals surface area (Å²) in [7, 11) is 1.63. The molecule has 1 amide bonds. The van der Waals surface area contributed by atoms with Crippen LogP contribution in [0.4, 0.5) is 5.00 Å². The maximum atomic E-state index is 12.8. The maximum absolute atomic E-state index is 12.8. The molecule has 25 heavy (non-hydrogen) atoms. The molecule has 0 saturated heterocycles. The van der Waals surface area contributed by atoms with Crippen LogP contribution in [0, 0.1) is 5.92 Å². The molecule has 2 aromatic rings. The van der Waals surface area contributed by atoms with E-state index >= 15 is 0 Å². The molecule has 1 aromatic heterocycles. The maximum Gasteiger partial charge on any atom is 0.256 e. The second kappa shape index (κ2) is 6.59. The minimum atomic E-state index is -0.254. The molecule has 2 aliphatic rings. The molecule has 0 saturated carbocycles. The molecule has 2 N–H and O–H groups in total. The van der Waals surface area contributed by atoms with Crippen LogP contribution >= 0.6 is 43.2 Å². The number of methoxy groups -OCH3 is 1. The summed E-state index contributed by atoms with van der Waals surface area (Å²) in [5.41, 5.74) is 3.08. The number of amides is 1. The minimum Gasteiger partial charge on any atom is -0.494 e. The number of hydrogen-bond acceptors (Lipinski definition) is 4. The number of carbonyl (C=O) groups is 1. The third-order valence-corrected chi connectivity index (χ3v) is 7.21. The van der Waals surface area contributed by atoms with Gasteiger partial charge in [0.2, 0.25) is 0 Å². The molecule has 4 nitrogen and oxygen atoms in total. The molecule has 7 heteroatoms. The van der Waals surface area contributed by atoms with Crippen molar-refractivity contribution in [3.05, 3.63) is 42.6 Å². The van der Waals surface area contributed by atoms with Gasteiger partial charge in [-0.2, -0.15) is 0 Å². The van der Waals surface area contributed by atoms with Crippen LogP contribution in [0.25, 0.3) is 0 Å². The third kappa shape index (κ3) is 3.00. The first kappa shape index (κ1) is 17.4. The van der Waals surface area contributed by atoms with E-state index in [1.807, 2.05) is 12.1 Å². The number of halogens is 2. The van der Waals surface area contributed by atoms with E-state index in [0.29, 0.717) is 5.92 Å². The van der Waals surface area contributed by atoms with Gasteiger partial charge in [-0.15, -0.1) is 11.3 Å². The fraction of sp³-hybridized carbons (Fsp3) is 0.389. The van der Waals surface area contributed by atoms with Crippen molar-refractivity contribution < 1.29 is 9.53 Å². The van der Waals surface area contributed by atoms with Crippen molar-refractivity contribution in [2.24, 2.45) is 5.92 Å². The Labute approximate surface area is 167 Å². The zero-order valence-corrected chi connectivity index (χ0v) is 17.9. The van der Waals surface area contributed by atoms with Crippen molar-refractivity contribution in [2.75, 3.05) is 12.4 Å². The lowest BCUT2D eigenvalue weighted by atomic mass is 9.88. The minimum absolute atomic E-state index is 0.0221. The molecule has 1 aliphatic carbocycles. The number of fused-ring (bicyclic) bond motifs is 3. The monoisotopic (exact) mass is 484 g/mol. The van der Waals surface area contributed by atoms with Gasteiger partial charge >= 0.3 is 0 Å². The smallest absolute Gasteiger partial charge is 0.256 e. The van der Waals surface area contributed by atoms with Gasteiger partial charge in [-0.3, -0.25) is 4.79 Å². The van der Waals surface area contributed by atoms with Crippen LogP contribution < -0.4 is 15.4 Å². The largest absolute Gasteiger partial charge is 0.494 e. The summed E-state index contributed by atoms with van der Waals surface area (Å²) in [5, 5.41) is 7.61. The standard InChI is InChI=1S/C18H18Br2N2O2S/c1-8-3-4-10-13(5-8)25-18-14(10)17(23)21-16(22-18)9-6-11(19)15(24-2)12(20)7-9/h6-8,16,22H,3-5H2,1-2H3,(H,21,23). The third-order valence-electron chi connectivity index (χ3n) is 4.85. The van der Waals surface area contributed by atoms with E-state index in [-0.39, 0.29) is 12.1 Å². The summed E-state index contributed by atoms with van der Waals surface area (Å²) >= 11 is 8.80. The Morgan fingerprint density at radius 3 is 2.64 bits per heavy atom. The highest BCUT2D eigenvalue weighted by Crippen LogP contribution is 2.43. The summed E-state index contributed by atoms with van der Waals surface area (Å²) < 4.78 is 7.06. The van der Waals surface area contributed by atoms with Crippen LogP contribution in [0.15, 0.2) is 21.1 Å². The number of nitrogens with one attached hydrogen (secondary N) is 2. The Bertz CT molecular complexity index is 842. The molecular weight excluding hydrogens is 468 g/mol. The molecule has 2 unspecified atom stereocenters. The van der Waals surface area contributed by atoms with Crippen LogP contribution in [0.5, 0.6) is 5.75 Å². The van der Waals surface area contributed by atoms with Crippen molar-refractivity contribution in [1.29, 1.82) is 0 Å². The molecule has 0 bridgehead atoms. The van der Waals surface area contributed by atoms with E-state index in [1.165, 1.54) is 10.4 Å². The number of ether oxygens (including phenoxy) is 1. The van der Waals surface area contributed by atoms with Crippen LogP contribution in [-0.2, 0) is 12.8 Å². The van der Waals surface area contributed by atoms with Crippen LogP contribution in [0.2, 0.25) is 0 Å². The van der Waals surface area contributed by atoms with E-state index in [2.05, 4.69) is 49.4 Å². The Morgan fingerprint density at radius 1 is 1.24 bits per heavy atom. The van der Waals surface area contributed by atoms with Gasteiger partial charge in [0.15, 0.2) is 0 Å².